The molecule has 0 N–H and O–H groups in total. The monoisotopic (exact) mass is 269 g/mol. The van der Waals surface area contributed by atoms with Gasteiger partial charge in [0, 0.05) is 19.0 Å². The van der Waals surface area contributed by atoms with Crippen molar-refractivity contribution in [2.45, 2.75) is 51.7 Å². The Hall–Kier alpha value is 0.200. The molecule has 0 amide bonds. The second-order valence-corrected chi connectivity index (χ2v) is 6.78. The zero-order valence-electron chi connectivity index (χ0n) is 10.6. The van der Waals surface area contributed by atoms with Crippen LogP contribution in [0.25, 0.3) is 0 Å². The van der Waals surface area contributed by atoms with E-state index in [-0.39, 0.29) is 5.88 Å². The summed E-state index contributed by atoms with van der Waals surface area (Å²) in [6.45, 7) is 7.05. The van der Waals surface area contributed by atoms with E-state index in [0.717, 1.165) is 25.7 Å². The first-order chi connectivity index (χ1) is 7.50. The molecule has 5 heteroatoms. The average Bonchev–Trinajstić information content (AvgIpc) is 2.27. The molecular formula is C11H24ClNO2S. The van der Waals surface area contributed by atoms with Crippen molar-refractivity contribution in [1.82, 2.24) is 4.31 Å². The molecule has 3 nitrogen and oxygen atoms in total. The molecule has 0 heterocycles. The Morgan fingerprint density at radius 2 is 1.56 bits per heavy atom. The largest absolute Gasteiger partial charge is 0.217 e. The van der Waals surface area contributed by atoms with Gasteiger partial charge in [0.05, 0.1) is 5.25 Å². The molecule has 0 fully saturated rings. The summed E-state index contributed by atoms with van der Waals surface area (Å²) >= 11 is 5.64. The van der Waals surface area contributed by atoms with Gasteiger partial charge < -0.3 is 0 Å². The molecule has 1 atom stereocenters. The van der Waals surface area contributed by atoms with Crippen molar-refractivity contribution in [2.24, 2.45) is 0 Å². The zero-order chi connectivity index (χ0) is 12.6. The maximum Gasteiger partial charge on any atom is 0.217 e. The summed E-state index contributed by atoms with van der Waals surface area (Å²) in [4.78, 5) is 0. The highest BCUT2D eigenvalue weighted by Crippen LogP contribution is 2.13. The van der Waals surface area contributed by atoms with Gasteiger partial charge >= 0.3 is 0 Å². The summed E-state index contributed by atoms with van der Waals surface area (Å²) in [6, 6.07) is 0. The zero-order valence-corrected chi connectivity index (χ0v) is 12.1. The summed E-state index contributed by atoms with van der Waals surface area (Å²) in [7, 11) is -3.19. The average molecular weight is 270 g/mol. The van der Waals surface area contributed by atoms with Gasteiger partial charge in [-0.1, -0.05) is 26.7 Å². The molecule has 1 unspecified atom stereocenters. The molecule has 0 aliphatic heterocycles. The van der Waals surface area contributed by atoms with E-state index in [1.54, 1.807) is 11.2 Å². The number of unbranched alkanes of at least 4 members (excludes halogenated alkanes) is 2. The van der Waals surface area contributed by atoms with Crippen LogP contribution in [0.3, 0.4) is 0 Å². The first-order valence-electron chi connectivity index (χ1n) is 6.05. The maximum atomic E-state index is 12.1. The Morgan fingerprint density at radius 3 is 1.88 bits per heavy atom. The molecule has 0 bridgehead atoms. The lowest BCUT2D eigenvalue weighted by molar-refractivity contribution is 0.391. The van der Waals surface area contributed by atoms with E-state index in [4.69, 9.17) is 11.6 Å². The third kappa shape index (κ3) is 5.02. The fraction of sp³-hybridized carbons (Fsp3) is 1.00. The van der Waals surface area contributed by atoms with E-state index in [1.165, 1.54) is 0 Å². The fourth-order valence-electron chi connectivity index (χ4n) is 1.37. The number of rotatable bonds is 9. The van der Waals surface area contributed by atoms with E-state index in [2.05, 4.69) is 13.8 Å². The van der Waals surface area contributed by atoms with E-state index >= 15 is 0 Å². The van der Waals surface area contributed by atoms with Gasteiger partial charge in [-0.2, -0.15) is 0 Å². The molecule has 0 rings (SSSR count). The predicted octanol–water partition coefficient (Wildman–Crippen LogP) is 2.85. The molecule has 0 aromatic carbocycles. The summed E-state index contributed by atoms with van der Waals surface area (Å²) in [5.41, 5.74) is 0. The second-order valence-electron chi connectivity index (χ2n) is 4.12. The third-order valence-corrected chi connectivity index (χ3v) is 5.52. The van der Waals surface area contributed by atoms with Crippen LogP contribution in [0.5, 0.6) is 0 Å². The number of nitrogens with zero attached hydrogens (tertiary/aromatic N) is 1. The highest BCUT2D eigenvalue weighted by molar-refractivity contribution is 7.89. The van der Waals surface area contributed by atoms with Gasteiger partial charge in [-0.05, 0) is 19.8 Å². The van der Waals surface area contributed by atoms with Crippen LogP contribution in [0.2, 0.25) is 0 Å². The standard InChI is InChI=1S/C11H24ClNO2S/c1-4-6-8-13(9-7-5-2)16(14,15)11(3)10-12/h11H,4-10H2,1-3H3. The molecule has 0 saturated carbocycles. The van der Waals surface area contributed by atoms with Crippen LogP contribution in [-0.2, 0) is 10.0 Å². The molecule has 0 saturated heterocycles. The molecule has 0 radical (unpaired) electrons. The van der Waals surface area contributed by atoms with Gasteiger partial charge in [-0.3, -0.25) is 0 Å². The first kappa shape index (κ1) is 16.2. The minimum atomic E-state index is -3.19. The van der Waals surface area contributed by atoms with Crippen molar-refractivity contribution < 1.29 is 8.42 Å². The van der Waals surface area contributed by atoms with E-state index < -0.39 is 15.3 Å². The van der Waals surface area contributed by atoms with Crippen LogP contribution >= 0.6 is 11.6 Å². The molecule has 0 aromatic rings. The Bertz CT molecular complexity index is 259. The lowest BCUT2D eigenvalue weighted by Gasteiger charge is -2.24. The Morgan fingerprint density at radius 1 is 1.12 bits per heavy atom. The minimum absolute atomic E-state index is 0.164. The van der Waals surface area contributed by atoms with Crippen LogP contribution in [-0.4, -0.2) is 36.9 Å². The summed E-state index contributed by atoms with van der Waals surface area (Å²) < 4.78 is 25.8. The number of hydrogen-bond acceptors (Lipinski definition) is 2. The normalized spacial score (nSPS) is 14.3. The molecule has 98 valence electrons. The van der Waals surface area contributed by atoms with Crippen LogP contribution in [0.1, 0.15) is 46.5 Å². The molecule has 0 aliphatic carbocycles. The fourth-order valence-corrected chi connectivity index (χ4v) is 3.28. The lowest BCUT2D eigenvalue weighted by atomic mass is 10.3. The van der Waals surface area contributed by atoms with Crippen molar-refractivity contribution in [3.63, 3.8) is 0 Å². The SMILES string of the molecule is CCCCN(CCCC)S(=O)(=O)C(C)CCl. The second kappa shape index (κ2) is 8.31. The number of halogens is 1. The van der Waals surface area contributed by atoms with Gasteiger partial charge in [-0.15, -0.1) is 11.6 Å². The van der Waals surface area contributed by atoms with Crippen LogP contribution < -0.4 is 0 Å². The smallest absolute Gasteiger partial charge is 0.212 e. The highest BCUT2D eigenvalue weighted by atomic mass is 35.5. The lowest BCUT2D eigenvalue weighted by Crippen LogP contribution is -2.39. The van der Waals surface area contributed by atoms with Gasteiger partial charge in [0.15, 0.2) is 0 Å². The van der Waals surface area contributed by atoms with Crippen LogP contribution in [0, 0.1) is 0 Å². The van der Waals surface area contributed by atoms with Gasteiger partial charge in [0.2, 0.25) is 10.0 Å². The van der Waals surface area contributed by atoms with E-state index in [9.17, 15) is 8.42 Å². The van der Waals surface area contributed by atoms with Crippen molar-refractivity contribution >= 4 is 21.6 Å². The topological polar surface area (TPSA) is 37.4 Å². The number of alkyl halides is 1. The Kier molecular flexibility index (Phi) is 8.42. The molecular weight excluding hydrogens is 246 g/mol. The quantitative estimate of drug-likeness (QED) is 0.604. The van der Waals surface area contributed by atoms with Gasteiger partial charge in [0.1, 0.15) is 0 Å². The third-order valence-electron chi connectivity index (χ3n) is 2.61. The van der Waals surface area contributed by atoms with Crippen LogP contribution in [0.15, 0.2) is 0 Å². The Labute approximate surface area is 105 Å². The number of sulfonamides is 1. The van der Waals surface area contributed by atoms with E-state index in [0.29, 0.717) is 13.1 Å². The van der Waals surface area contributed by atoms with Crippen molar-refractivity contribution in [1.29, 1.82) is 0 Å². The highest BCUT2D eigenvalue weighted by Gasteiger charge is 2.27. The summed E-state index contributed by atoms with van der Waals surface area (Å²) in [5.74, 6) is 0.164. The van der Waals surface area contributed by atoms with Crippen molar-refractivity contribution in [3.8, 4) is 0 Å². The molecule has 16 heavy (non-hydrogen) atoms. The molecule has 0 spiro atoms. The predicted molar refractivity (Wildman–Crippen MR) is 70.5 cm³/mol. The van der Waals surface area contributed by atoms with Crippen molar-refractivity contribution in [3.05, 3.63) is 0 Å². The molecule has 0 aliphatic rings. The van der Waals surface area contributed by atoms with Gasteiger partial charge in [-0.25, -0.2) is 12.7 Å². The van der Waals surface area contributed by atoms with E-state index in [1.807, 2.05) is 0 Å². The maximum absolute atomic E-state index is 12.1. The first-order valence-corrected chi connectivity index (χ1v) is 8.09. The minimum Gasteiger partial charge on any atom is -0.212 e. The van der Waals surface area contributed by atoms with Gasteiger partial charge in [0.25, 0.3) is 0 Å². The summed E-state index contributed by atoms with van der Waals surface area (Å²) in [5, 5.41) is -0.483. The molecule has 0 aromatic heterocycles. The Balaban J connectivity index is 4.58. The van der Waals surface area contributed by atoms with Crippen LogP contribution in [0.4, 0.5) is 0 Å². The summed E-state index contributed by atoms with van der Waals surface area (Å²) in [6.07, 6.45) is 3.84. The number of hydrogen-bond donors (Lipinski definition) is 0. The van der Waals surface area contributed by atoms with Crippen molar-refractivity contribution in [2.75, 3.05) is 19.0 Å².